The normalized spacial score (nSPS) is 9.67. The van der Waals surface area contributed by atoms with E-state index in [1.807, 2.05) is 0 Å². The van der Waals surface area contributed by atoms with Crippen LogP contribution in [0.4, 0.5) is 0 Å². The van der Waals surface area contributed by atoms with E-state index in [0.717, 1.165) is 0 Å². The van der Waals surface area contributed by atoms with Crippen molar-refractivity contribution in [3.8, 4) is 0 Å². The molecule has 67 valence electrons. The minimum absolute atomic E-state index is 0. The molecule has 0 aliphatic carbocycles. The third kappa shape index (κ3) is 1.19. The molecule has 1 radical (unpaired) electrons. The molecule has 3 N–H and O–H groups in total. The maximum atomic E-state index is 10.9. The first-order chi connectivity index (χ1) is 5.27. The van der Waals surface area contributed by atoms with Crippen LogP contribution in [0.15, 0.2) is 15.9 Å². The van der Waals surface area contributed by atoms with Gasteiger partial charge in [-0.15, -0.1) is 0 Å². The van der Waals surface area contributed by atoms with Crippen molar-refractivity contribution >= 4 is 11.2 Å². The van der Waals surface area contributed by atoms with Crippen LogP contribution < -0.4 is 11.2 Å². The molecule has 6 nitrogen and oxygen atoms in total. The van der Waals surface area contributed by atoms with E-state index in [0.29, 0.717) is 0 Å². The molecular weight excluding hydrogens is 212 g/mol. The van der Waals surface area contributed by atoms with Gasteiger partial charge >= 0.3 is 5.69 Å². The van der Waals surface area contributed by atoms with Gasteiger partial charge in [-0.05, 0) is 0 Å². The predicted molar refractivity (Wildman–Crippen MR) is 37.3 cm³/mol. The van der Waals surface area contributed by atoms with Gasteiger partial charge in [0.1, 0.15) is 5.52 Å². The van der Waals surface area contributed by atoms with Gasteiger partial charge in [0, 0.05) is 17.1 Å². The molecule has 7 heteroatoms. The van der Waals surface area contributed by atoms with Gasteiger partial charge in [0.2, 0.25) is 0 Å². The van der Waals surface area contributed by atoms with Crippen molar-refractivity contribution in [3.63, 3.8) is 0 Å². The van der Waals surface area contributed by atoms with Crippen molar-refractivity contribution in [1.82, 2.24) is 19.9 Å². The number of hydrogen-bond acceptors (Lipinski definition) is 3. The van der Waals surface area contributed by atoms with Crippen molar-refractivity contribution in [2.24, 2.45) is 0 Å². The Hall–Kier alpha value is -1.33. The molecule has 0 aliphatic heterocycles. The second-order valence-corrected chi connectivity index (χ2v) is 2.03. The number of nitrogens with zero attached hydrogens (tertiary/aromatic N) is 1. The zero-order valence-electron chi connectivity index (χ0n) is 5.64. The van der Waals surface area contributed by atoms with Gasteiger partial charge in [0.15, 0.2) is 5.65 Å². The Bertz CT molecular complexity index is 496. The van der Waals surface area contributed by atoms with Crippen LogP contribution in [0.25, 0.3) is 11.2 Å². The van der Waals surface area contributed by atoms with Gasteiger partial charge in [0.25, 0.3) is 5.56 Å². The number of fused-ring (bicyclic) bond motifs is 1. The Morgan fingerprint density at radius 2 is 2.00 bits per heavy atom. The Morgan fingerprint density at radius 3 is 2.75 bits per heavy atom. The van der Waals surface area contributed by atoms with Crippen LogP contribution >= 0.6 is 0 Å². The predicted octanol–water partition coefficient (Wildman–Crippen LogP) is -1.06. The van der Waals surface area contributed by atoms with Crippen LogP contribution in [0.5, 0.6) is 0 Å². The fraction of sp³-hybridized carbons (Fsp3) is 0. The van der Waals surface area contributed by atoms with E-state index in [4.69, 9.17) is 0 Å². The maximum absolute atomic E-state index is 10.9. The van der Waals surface area contributed by atoms with Crippen molar-refractivity contribution < 1.29 is 17.1 Å². The Labute approximate surface area is 75.9 Å². The van der Waals surface area contributed by atoms with E-state index in [-0.39, 0.29) is 28.2 Å². The van der Waals surface area contributed by atoms with Crippen LogP contribution in [-0.4, -0.2) is 19.9 Å². The summed E-state index contributed by atoms with van der Waals surface area (Å²) in [6, 6.07) is 0. The Balaban J connectivity index is 0.000000720. The summed E-state index contributed by atoms with van der Waals surface area (Å²) in [4.78, 5) is 32.3. The van der Waals surface area contributed by atoms with Crippen LogP contribution in [0.1, 0.15) is 0 Å². The largest absolute Gasteiger partial charge is 0.339 e. The first-order valence-corrected chi connectivity index (χ1v) is 2.93. The van der Waals surface area contributed by atoms with Gasteiger partial charge in [-0.2, -0.15) is 0 Å². The quantitative estimate of drug-likeness (QED) is 0.489. The molecule has 0 bridgehead atoms. The summed E-state index contributed by atoms with van der Waals surface area (Å²) < 4.78 is 0. The van der Waals surface area contributed by atoms with Crippen LogP contribution in [0, 0.1) is 0 Å². The summed E-state index contributed by atoms with van der Waals surface area (Å²) in [5, 5.41) is 0. The fourth-order valence-electron chi connectivity index (χ4n) is 0.867. The molecule has 0 aliphatic rings. The number of imidazole rings is 1. The fourth-order valence-corrected chi connectivity index (χ4v) is 0.867. The van der Waals surface area contributed by atoms with Crippen molar-refractivity contribution in [2.75, 3.05) is 0 Å². The first-order valence-electron chi connectivity index (χ1n) is 2.93. The summed E-state index contributed by atoms with van der Waals surface area (Å²) in [7, 11) is 0. The summed E-state index contributed by atoms with van der Waals surface area (Å²) >= 11 is 0. The summed E-state index contributed by atoms with van der Waals surface area (Å²) in [6.45, 7) is 0. The van der Waals surface area contributed by atoms with Crippen LogP contribution in [0.2, 0.25) is 0 Å². The van der Waals surface area contributed by atoms with E-state index in [1.54, 1.807) is 0 Å². The average molecular weight is 216 g/mol. The molecular formula is C5H4CuN4O2. The standard InChI is InChI=1S/C5H4N4O2.Cu/c10-4-2-3(7-1-6-2)8-5(11)9-4;/h1H,(H3,6,7,8,9,10,11);. The van der Waals surface area contributed by atoms with E-state index >= 15 is 0 Å². The minimum Gasteiger partial charge on any atom is -0.339 e. The summed E-state index contributed by atoms with van der Waals surface area (Å²) in [5.74, 6) is 0. The summed E-state index contributed by atoms with van der Waals surface area (Å²) in [5.41, 5.74) is -0.445. The van der Waals surface area contributed by atoms with E-state index in [2.05, 4.69) is 19.9 Å². The van der Waals surface area contributed by atoms with E-state index in [1.165, 1.54) is 6.33 Å². The third-order valence-electron chi connectivity index (χ3n) is 1.33. The zero-order valence-corrected chi connectivity index (χ0v) is 6.58. The molecule has 2 heterocycles. The molecule has 2 aromatic rings. The topological polar surface area (TPSA) is 94.4 Å². The molecule has 0 fully saturated rings. The average Bonchev–Trinajstić information content (AvgIpc) is 2.34. The number of H-pyrrole nitrogens is 3. The maximum Gasteiger partial charge on any atom is 0.327 e. The van der Waals surface area contributed by atoms with Crippen molar-refractivity contribution in [3.05, 3.63) is 27.2 Å². The smallest absolute Gasteiger partial charge is 0.327 e. The van der Waals surface area contributed by atoms with Crippen LogP contribution in [0.3, 0.4) is 0 Å². The van der Waals surface area contributed by atoms with Gasteiger partial charge < -0.3 is 4.98 Å². The van der Waals surface area contributed by atoms with Crippen LogP contribution in [-0.2, 0) is 17.1 Å². The number of nitrogens with one attached hydrogen (secondary N) is 3. The van der Waals surface area contributed by atoms with E-state index < -0.39 is 11.2 Å². The molecule has 0 aromatic carbocycles. The second-order valence-electron chi connectivity index (χ2n) is 2.03. The number of rotatable bonds is 0. The molecule has 0 spiro atoms. The monoisotopic (exact) mass is 215 g/mol. The van der Waals surface area contributed by atoms with Gasteiger partial charge in [0.05, 0.1) is 6.33 Å². The number of hydrogen-bond donors (Lipinski definition) is 3. The molecule has 0 unspecified atom stereocenters. The molecule has 0 atom stereocenters. The molecule has 0 saturated carbocycles. The van der Waals surface area contributed by atoms with Gasteiger partial charge in [-0.3, -0.25) is 14.8 Å². The molecule has 12 heavy (non-hydrogen) atoms. The third-order valence-corrected chi connectivity index (χ3v) is 1.33. The number of aromatic amines is 3. The Kier molecular flexibility index (Phi) is 2.16. The molecule has 0 amide bonds. The van der Waals surface area contributed by atoms with Crippen molar-refractivity contribution in [2.45, 2.75) is 0 Å². The van der Waals surface area contributed by atoms with Gasteiger partial charge in [-0.25, -0.2) is 9.78 Å². The van der Waals surface area contributed by atoms with Gasteiger partial charge in [-0.1, -0.05) is 0 Å². The van der Waals surface area contributed by atoms with E-state index in [9.17, 15) is 9.59 Å². The molecule has 2 rings (SSSR count). The molecule has 2 aromatic heterocycles. The Morgan fingerprint density at radius 1 is 1.25 bits per heavy atom. The zero-order chi connectivity index (χ0) is 7.84. The SMILES string of the molecule is O=c1[nH]c(=O)c2[nH]cnc2[nH]1.[Cu]. The van der Waals surface area contributed by atoms with Crippen molar-refractivity contribution in [1.29, 1.82) is 0 Å². The first kappa shape index (κ1) is 8.76. The number of aromatic nitrogens is 4. The molecule has 0 saturated heterocycles. The second kappa shape index (κ2) is 2.96. The minimum atomic E-state index is -0.547. The summed E-state index contributed by atoms with van der Waals surface area (Å²) in [6.07, 6.45) is 1.34.